The van der Waals surface area contributed by atoms with Gasteiger partial charge in [-0.2, -0.15) is 10.2 Å². The lowest BCUT2D eigenvalue weighted by atomic mass is 10.3. The Kier molecular flexibility index (Phi) is 1.35. The molecule has 3 heteroatoms. The molecule has 0 amide bonds. The fourth-order valence-electron chi connectivity index (χ4n) is 1.33. The van der Waals surface area contributed by atoms with Gasteiger partial charge in [-0.1, -0.05) is 6.08 Å². The first-order valence-electron chi connectivity index (χ1n) is 3.57. The molecule has 1 aromatic rings. The van der Waals surface area contributed by atoms with Crippen molar-refractivity contribution in [1.29, 1.82) is 0 Å². The van der Waals surface area contributed by atoms with Crippen molar-refractivity contribution in [2.24, 2.45) is 0 Å². The molecule has 0 saturated heterocycles. The second kappa shape index (κ2) is 2.34. The molecule has 3 nitrogen and oxygen atoms in total. The molecule has 0 aromatic carbocycles. The number of aliphatic hydroxyl groups is 1. The Labute approximate surface area is 63.7 Å². The summed E-state index contributed by atoms with van der Waals surface area (Å²) in [5.41, 5.74) is 0.993. The molecular weight excluding hydrogens is 140 g/mol. The lowest BCUT2D eigenvalue weighted by molar-refractivity contribution is 0.539. The SMILES string of the molecule is O/C=c1\cnnc2c1=CCC2. The van der Waals surface area contributed by atoms with E-state index in [1.807, 2.05) is 0 Å². The van der Waals surface area contributed by atoms with Crippen LogP contribution in [0, 0.1) is 0 Å². The summed E-state index contributed by atoms with van der Waals surface area (Å²) in [5, 5.41) is 18.3. The Hall–Kier alpha value is -1.38. The lowest BCUT2D eigenvalue weighted by Gasteiger charge is -1.89. The van der Waals surface area contributed by atoms with Crippen molar-refractivity contribution in [3.05, 3.63) is 22.3 Å². The maximum atomic E-state index is 8.79. The van der Waals surface area contributed by atoms with Crippen LogP contribution < -0.4 is 10.4 Å². The zero-order chi connectivity index (χ0) is 7.68. The van der Waals surface area contributed by atoms with Crippen molar-refractivity contribution in [3.8, 4) is 0 Å². The van der Waals surface area contributed by atoms with E-state index in [4.69, 9.17) is 5.11 Å². The fourth-order valence-corrected chi connectivity index (χ4v) is 1.33. The van der Waals surface area contributed by atoms with Gasteiger partial charge in [0.1, 0.15) is 0 Å². The summed E-state index contributed by atoms with van der Waals surface area (Å²) < 4.78 is 0. The Morgan fingerprint density at radius 2 is 2.45 bits per heavy atom. The first kappa shape index (κ1) is 6.34. The van der Waals surface area contributed by atoms with Crippen LogP contribution in [-0.2, 0) is 6.42 Å². The zero-order valence-electron chi connectivity index (χ0n) is 5.99. The third-order valence-corrected chi connectivity index (χ3v) is 1.87. The van der Waals surface area contributed by atoms with Gasteiger partial charge in [0, 0.05) is 10.4 Å². The minimum absolute atomic E-state index is 0.771. The van der Waals surface area contributed by atoms with E-state index < -0.39 is 0 Å². The van der Waals surface area contributed by atoms with Crippen molar-refractivity contribution < 1.29 is 5.11 Å². The van der Waals surface area contributed by atoms with Crippen LogP contribution in [0.2, 0.25) is 0 Å². The third-order valence-electron chi connectivity index (χ3n) is 1.87. The Balaban J connectivity index is 2.87. The Morgan fingerprint density at radius 3 is 3.27 bits per heavy atom. The predicted molar refractivity (Wildman–Crippen MR) is 41.2 cm³/mol. The second-order valence-electron chi connectivity index (χ2n) is 2.53. The molecule has 0 radical (unpaired) electrons. The molecule has 11 heavy (non-hydrogen) atoms. The van der Waals surface area contributed by atoms with Crippen LogP contribution in [0.5, 0.6) is 0 Å². The average molecular weight is 148 g/mol. The van der Waals surface area contributed by atoms with E-state index in [0.717, 1.165) is 35.2 Å². The van der Waals surface area contributed by atoms with Crippen LogP contribution in [0.3, 0.4) is 0 Å². The first-order valence-corrected chi connectivity index (χ1v) is 3.57. The summed E-state index contributed by atoms with van der Waals surface area (Å²) in [6.07, 6.45) is 6.68. The average Bonchev–Trinajstić information content (AvgIpc) is 2.50. The van der Waals surface area contributed by atoms with E-state index in [-0.39, 0.29) is 0 Å². The van der Waals surface area contributed by atoms with Gasteiger partial charge in [0.2, 0.25) is 0 Å². The van der Waals surface area contributed by atoms with Crippen molar-refractivity contribution in [2.45, 2.75) is 12.8 Å². The van der Waals surface area contributed by atoms with Crippen LogP contribution in [-0.4, -0.2) is 15.3 Å². The van der Waals surface area contributed by atoms with Crippen LogP contribution in [0.15, 0.2) is 6.20 Å². The van der Waals surface area contributed by atoms with Crippen molar-refractivity contribution in [3.63, 3.8) is 0 Å². The predicted octanol–water partition coefficient (Wildman–Crippen LogP) is -0.501. The molecule has 1 aliphatic rings. The minimum Gasteiger partial charge on any atom is -0.515 e. The molecule has 0 saturated carbocycles. The smallest absolute Gasteiger partial charge is 0.0886 e. The molecule has 0 bridgehead atoms. The van der Waals surface area contributed by atoms with Gasteiger partial charge < -0.3 is 5.11 Å². The van der Waals surface area contributed by atoms with Gasteiger partial charge in [-0.05, 0) is 12.8 Å². The maximum absolute atomic E-state index is 8.79. The zero-order valence-corrected chi connectivity index (χ0v) is 5.99. The van der Waals surface area contributed by atoms with Crippen LogP contribution in [0.1, 0.15) is 12.1 Å². The number of hydrogen-bond acceptors (Lipinski definition) is 3. The summed E-state index contributed by atoms with van der Waals surface area (Å²) in [4.78, 5) is 0. The van der Waals surface area contributed by atoms with Crippen LogP contribution in [0.25, 0.3) is 12.3 Å². The quantitative estimate of drug-likeness (QED) is 0.539. The van der Waals surface area contributed by atoms with Crippen molar-refractivity contribution in [1.82, 2.24) is 10.2 Å². The number of rotatable bonds is 0. The van der Waals surface area contributed by atoms with E-state index in [2.05, 4.69) is 16.3 Å². The molecule has 0 fully saturated rings. The van der Waals surface area contributed by atoms with E-state index in [9.17, 15) is 0 Å². The van der Waals surface area contributed by atoms with Gasteiger partial charge in [0.05, 0.1) is 18.2 Å². The monoisotopic (exact) mass is 148 g/mol. The van der Waals surface area contributed by atoms with Crippen molar-refractivity contribution in [2.75, 3.05) is 0 Å². The number of fused-ring (bicyclic) bond motifs is 1. The van der Waals surface area contributed by atoms with Gasteiger partial charge in [0.15, 0.2) is 0 Å². The molecule has 1 aliphatic carbocycles. The summed E-state index contributed by atoms with van der Waals surface area (Å²) in [7, 11) is 0. The van der Waals surface area contributed by atoms with E-state index >= 15 is 0 Å². The normalized spacial score (nSPS) is 16.2. The van der Waals surface area contributed by atoms with Crippen LogP contribution >= 0.6 is 0 Å². The summed E-state index contributed by atoms with van der Waals surface area (Å²) >= 11 is 0. The Bertz CT molecular complexity index is 384. The number of aryl methyl sites for hydroxylation is 1. The molecule has 1 N–H and O–H groups in total. The largest absolute Gasteiger partial charge is 0.515 e. The third kappa shape index (κ3) is 0.888. The van der Waals surface area contributed by atoms with Gasteiger partial charge in [-0.3, -0.25) is 0 Å². The molecule has 56 valence electrons. The fraction of sp³-hybridized carbons (Fsp3) is 0.250. The van der Waals surface area contributed by atoms with Gasteiger partial charge in [-0.15, -0.1) is 0 Å². The van der Waals surface area contributed by atoms with E-state index in [0.29, 0.717) is 0 Å². The van der Waals surface area contributed by atoms with Crippen LogP contribution in [0.4, 0.5) is 0 Å². The molecule has 2 rings (SSSR count). The summed E-state index contributed by atoms with van der Waals surface area (Å²) in [6, 6.07) is 0. The van der Waals surface area contributed by atoms with Gasteiger partial charge >= 0.3 is 0 Å². The summed E-state index contributed by atoms with van der Waals surface area (Å²) in [6.45, 7) is 0. The highest BCUT2D eigenvalue weighted by molar-refractivity contribution is 5.34. The molecule has 1 heterocycles. The number of nitrogens with zero attached hydrogens (tertiary/aromatic N) is 2. The molecule has 0 aliphatic heterocycles. The highest BCUT2D eigenvalue weighted by Gasteiger charge is 2.04. The molecule has 0 atom stereocenters. The van der Waals surface area contributed by atoms with Gasteiger partial charge in [0.25, 0.3) is 0 Å². The highest BCUT2D eigenvalue weighted by atomic mass is 16.2. The molecular formula is C8H8N2O. The Morgan fingerprint density at radius 1 is 1.55 bits per heavy atom. The standard InChI is InChI=1S/C8H8N2O/c11-5-6-4-9-10-8-3-1-2-7(6)8/h2,4-5,11H,1,3H2/b6-5+. The summed E-state index contributed by atoms with van der Waals surface area (Å²) in [5.74, 6) is 0. The van der Waals surface area contributed by atoms with E-state index in [1.54, 1.807) is 6.20 Å². The van der Waals surface area contributed by atoms with Gasteiger partial charge in [-0.25, -0.2) is 0 Å². The molecule has 1 aromatic heterocycles. The highest BCUT2D eigenvalue weighted by Crippen LogP contribution is 1.97. The second-order valence-corrected chi connectivity index (χ2v) is 2.53. The van der Waals surface area contributed by atoms with E-state index in [1.165, 1.54) is 0 Å². The number of hydrogen-bond donors (Lipinski definition) is 1. The first-order chi connectivity index (χ1) is 5.42. The maximum Gasteiger partial charge on any atom is 0.0886 e. The number of aliphatic hydroxyl groups excluding tert-OH is 1. The van der Waals surface area contributed by atoms with Crippen molar-refractivity contribution >= 4 is 12.3 Å². The lowest BCUT2D eigenvalue weighted by Crippen LogP contribution is -2.28. The molecule has 0 unspecified atom stereocenters. The topological polar surface area (TPSA) is 46.0 Å². The number of aromatic nitrogens is 2. The molecule has 0 spiro atoms. The minimum atomic E-state index is 0.771.